The van der Waals surface area contributed by atoms with Crippen molar-refractivity contribution in [1.29, 1.82) is 0 Å². The molecule has 32 heavy (non-hydrogen) atoms. The molecule has 172 valence electrons. The Bertz CT molecular complexity index is 890. The highest BCUT2D eigenvalue weighted by Gasteiger charge is 2.30. The van der Waals surface area contributed by atoms with E-state index >= 15 is 0 Å². The fraction of sp³-hybridized carbons (Fsp3) is 0.462. The Morgan fingerprint density at radius 2 is 1.62 bits per heavy atom. The van der Waals surface area contributed by atoms with Crippen molar-refractivity contribution in [2.24, 2.45) is 0 Å². The van der Waals surface area contributed by atoms with Crippen LogP contribution in [0, 0.1) is 6.92 Å². The summed E-state index contributed by atoms with van der Waals surface area (Å²) in [7, 11) is 0. The Morgan fingerprint density at radius 3 is 2.28 bits per heavy atom. The molecule has 1 saturated heterocycles. The number of rotatable bonds is 6. The van der Waals surface area contributed by atoms with E-state index < -0.39 is 0 Å². The minimum atomic E-state index is -0.374. The van der Waals surface area contributed by atoms with Crippen LogP contribution in [-0.2, 0) is 9.59 Å². The maximum Gasteiger partial charge on any atom is 0.246 e. The molecule has 0 aromatic heterocycles. The number of hydrogen-bond donors (Lipinski definition) is 2. The molecule has 0 unspecified atom stereocenters. The van der Waals surface area contributed by atoms with E-state index in [1.54, 1.807) is 0 Å². The molecule has 3 rings (SSSR count). The van der Waals surface area contributed by atoms with Crippen molar-refractivity contribution < 1.29 is 9.59 Å². The molecule has 1 aliphatic rings. The van der Waals surface area contributed by atoms with Crippen LogP contribution in [0.4, 0.5) is 5.69 Å². The van der Waals surface area contributed by atoms with E-state index in [9.17, 15) is 9.59 Å². The van der Waals surface area contributed by atoms with Gasteiger partial charge in [-0.25, -0.2) is 0 Å². The highest BCUT2D eigenvalue weighted by Crippen LogP contribution is 2.24. The largest absolute Gasteiger partial charge is 0.350 e. The second kappa shape index (κ2) is 10.7. The summed E-state index contributed by atoms with van der Waals surface area (Å²) in [5.41, 5.74) is 2.71. The van der Waals surface area contributed by atoms with Gasteiger partial charge in [-0.3, -0.25) is 19.4 Å². The van der Waals surface area contributed by atoms with E-state index in [4.69, 9.17) is 0 Å². The number of benzene rings is 2. The van der Waals surface area contributed by atoms with Gasteiger partial charge in [0.15, 0.2) is 0 Å². The van der Waals surface area contributed by atoms with Crippen molar-refractivity contribution >= 4 is 17.5 Å². The molecule has 1 fully saturated rings. The molecule has 2 aromatic rings. The third kappa shape index (κ3) is 7.18. The van der Waals surface area contributed by atoms with E-state index in [1.165, 1.54) is 0 Å². The van der Waals surface area contributed by atoms with Crippen molar-refractivity contribution in [2.75, 3.05) is 38.0 Å². The molecule has 0 saturated carbocycles. The van der Waals surface area contributed by atoms with Crippen LogP contribution in [0.25, 0.3) is 0 Å². The molecule has 1 heterocycles. The lowest BCUT2D eigenvalue weighted by molar-refractivity contribution is -0.124. The first-order chi connectivity index (χ1) is 15.2. The lowest BCUT2D eigenvalue weighted by Gasteiger charge is -2.30. The molecular weight excluding hydrogens is 400 g/mol. The van der Waals surface area contributed by atoms with Crippen LogP contribution in [-0.4, -0.2) is 59.9 Å². The number of hydrogen-bond acceptors (Lipinski definition) is 4. The standard InChI is InChI=1S/C26H36N4O2/c1-20-11-13-22(14-12-20)27-25(32)24(21-9-6-5-7-10-21)30-16-8-15-29(17-18-30)19-23(31)28-26(2,3)4/h5-7,9-14,24H,8,15-19H2,1-4H3,(H,27,32)(H,28,31)/t24-/m1/s1. The predicted octanol–water partition coefficient (Wildman–Crippen LogP) is 3.60. The smallest absolute Gasteiger partial charge is 0.246 e. The summed E-state index contributed by atoms with van der Waals surface area (Å²) in [6.07, 6.45) is 0.907. The average molecular weight is 437 g/mol. The maximum atomic E-state index is 13.4. The summed E-state index contributed by atoms with van der Waals surface area (Å²) in [6, 6.07) is 17.4. The molecule has 2 N–H and O–H groups in total. The van der Waals surface area contributed by atoms with E-state index in [2.05, 4.69) is 20.4 Å². The molecule has 0 spiro atoms. The summed E-state index contributed by atoms with van der Waals surface area (Å²) in [4.78, 5) is 30.2. The first-order valence-corrected chi connectivity index (χ1v) is 11.4. The Hall–Kier alpha value is -2.70. The monoisotopic (exact) mass is 436 g/mol. The van der Waals surface area contributed by atoms with Crippen LogP contribution in [0.15, 0.2) is 54.6 Å². The van der Waals surface area contributed by atoms with Gasteiger partial charge in [0.1, 0.15) is 6.04 Å². The number of carbonyl (C=O) groups is 2. The summed E-state index contributed by atoms with van der Waals surface area (Å²) < 4.78 is 0. The molecule has 1 atom stereocenters. The summed E-state index contributed by atoms with van der Waals surface area (Å²) in [5, 5.41) is 6.13. The van der Waals surface area contributed by atoms with Gasteiger partial charge < -0.3 is 10.6 Å². The SMILES string of the molecule is Cc1ccc(NC(=O)[C@@H](c2ccccc2)N2CCCN(CC(=O)NC(C)(C)C)CC2)cc1. The molecular formula is C26H36N4O2. The topological polar surface area (TPSA) is 64.7 Å². The first-order valence-electron chi connectivity index (χ1n) is 11.4. The van der Waals surface area contributed by atoms with Crippen LogP contribution in [0.1, 0.15) is 44.4 Å². The van der Waals surface area contributed by atoms with Crippen molar-refractivity contribution in [3.05, 3.63) is 65.7 Å². The van der Waals surface area contributed by atoms with Crippen LogP contribution in [0.5, 0.6) is 0 Å². The van der Waals surface area contributed by atoms with E-state index in [-0.39, 0.29) is 23.4 Å². The van der Waals surface area contributed by atoms with Gasteiger partial charge in [-0.1, -0.05) is 48.0 Å². The van der Waals surface area contributed by atoms with Crippen LogP contribution < -0.4 is 10.6 Å². The van der Waals surface area contributed by atoms with E-state index in [1.807, 2.05) is 82.3 Å². The molecule has 2 aromatic carbocycles. The van der Waals surface area contributed by atoms with E-state index in [0.29, 0.717) is 6.54 Å². The highest BCUT2D eigenvalue weighted by molar-refractivity contribution is 5.95. The minimum absolute atomic E-state index is 0.0287. The Kier molecular flexibility index (Phi) is 8.04. The molecule has 6 heteroatoms. The summed E-state index contributed by atoms with van der Waals surface area (Å²) in [6.45, 7) is 11.5. The van der Waals surface area contributed by atoms with Gasteiger partial charge in [0.2, 0.25) is 11.8 Å². The van der Waals surface area contributed by atoms with Crippen molar-refractivity contribution in [2.45, 2.75) is 45.7 Å². The average Bonchev–Trinajstić information content (AvgIpc) is 2.95. The lowest BCUT2D eigenvalue weighted by atomic mass is 10.0. The molecule has 1 aliphatic heterocycles. The quantitative estimate of drug-likeness (QED) is 0.726. The van der Waals surface area contributed by atoms with Crippen molar-refractivity contribution in [3.8, 4) is 0 Å². The van der Waals surface area contributed by atoms with Crippen LogP contribution >= 0.6 is 0 Å². The summed E-state index contributed by atoms with van der Waals surface area (Å²) >= 11 is 0. The normalized spacial score (nSPS) is 16.8. The number of carbonyl (C=O) groups excluding carboxylic acids is 2. The molecule has 0 aliphatic carbocycles. The fourth-order valence-corrected chi connectivity index (χ4v) is 4.08. The molecule has 0 bridgehead atoms. The van der Waals surface area contributed by atoms with Gasteiger partial charge in [0.05, 0.1) is 6.54 Å². The van der Waals surface area contributed by atoms with Crippen LogP contribution in [0.3, 0.4) is 0 Å². The third-order valence-electron chi connectivity index (χ3n) is 5.55. The van der Waals surface area contributed by atoms with Gasteiger partial charge in [0, 0.05) is 30.9 Å². The molecule has 6 nitrogen and oxygen atoms in total. The predicted molar refractivity (Wildman–Crippen MR) is 130 cm³/mol. The number of nitrogens with zero attached hydrogens (tertiary/aromatic N) is 2. The number of amides is 2. The molecule has 0 radical (unpaired) electrons. The maximum absolute atomic E-state index is 13.4. The van der Waals surface area contributed by atoms with Gasteiger partial charge in [-0.05, 0) is 58.4 Å². The van der Waals surface area contributed by atoms with Gasteiger partial charge in [-0.2, -0.15) is 0 Å². The van der Waals surface area contributed by atoms with Gasteiger partial charge >= 0.3 is 0 Å². The second-order valence-electron chi connectivity index (χ2n) is 9.63. The Balaban J connectivity index is 1.70. The number of aryl methyl sites for hydroxylation is 1. The fourth-order valence-electron chi connectivity index (χ4n) is 4.08. The van der Waals surface area contributed by atoms with Crippen LogP contribution in [0.2, 0.25) is 0 Å². The summed E-state index contributed by atoms with van der Waals surface area (Å²) in [5.74, 6) is 0.0154. The minimum Gasteiger partial charge on any atom is -0.350 e. The number of anilines is 1. The third-order valence-corrected chi connectivity index (χ3v) is 5.55. The van der Waals surface area contributed by atoms with Gasteiger partial charge in [0.25, 0.3) is 0 Å². The van der Waals surface area contributed by atoms with E-state index in [0.717, 1.165) is 49.4 Å². The number of nitrogens with one attached hydrogen (secondary N) is 2. The Labute approximate surface area is 192 Å². The van der Waals surface area contributed by atoms with Crippen molar-refractivity contribution in [3.63, 3.8) is 0 Å². The second-order valence-corrected chi connectivity index (χ2v) is 9.63. The highest BCUT2D eigenvalue weighted by atomic mass is 16.2. The zero-order valence-corrected chi connectivity index (χ0v) is 19.7. The molecule has 2 amide bonds. The van der Waals surface area contributed by atoms with Crippen molar-refractivity contribution in [1.82, 2.24) is 15.1 Å². The zero-order valence-electron chi connectivity index (χ0n) is 19.7. The zero-order chi connectivity index (χ0) is 23.1. The van der Waals surface area contributed by atoms with Gasteiger partial charge in [-0.15, -0.1) is 0 Å². The Morgan fingerprint density at radius 1 is 0.938 bits per heavy atom. The lowest BCUT2D eigenvalue weighted by Crippen LogP contribution is -2.46. The first kappa shape index (κ1) is 24.0.